The van der Waals surface area contributed by atoms with E-state index in [2.05, 4.69) is 5.32 Å². The maximum atomic E-state index is 14.2. The zero-order chi connectivity index (χ0) is 25.7. The molecule has 0 bridgehead atoms. The zero-order valence-corrected chi connectivity index (χ0v) is 19.6. The molecule has 0 radical (unpaired) electrons. The lowest BCUT2D eigenvalue weighted by Crippen LogP contribution is -2.25. The van der Waals surface area contributed by atoms with Crippen LogP contribution in [-0.4, -0.2) is 20.6 Å². The normalized spacial score (nSPS) is 13.2. The van der Waals surface area contributed by atoms with Crippen molar-refractivity contribution in [2.75, 3.05) is 11.0 Å². The Kier molecular flexibility index (Phi) is 8.82. The third-order valence-electron chi connectivity index (χ3n) is 4.89. The predicted molar refractivity (Wildman–Crippen MR) is 120 cm³/mol. The minimum Gasteiger partial charge on any atom is -0.346 e. The number of aryl methyl sites for hydroxylation is 1. The Morgan fingerprint density at radius 3 is 2.26 bits per heavy atom. The number of benzene rings is 2. The van der Waals surface area contributed by atoms with Gasteiger partial charge in [-0.2, -0.15) is 13.2 Å². The van der Waals surface area contributed by atoms with Crippen molar-refractivity contribution in [3.63, 3.8) is 0 Å². The Hall–Kier alpha value is -2.95. The molecule has 0 spiro atoms. The van der Waals surface area contributed by atoms with Gasteiger partial charge in [-0.15, -0.1) is 0 Å². The van der Waals surface area contributed by atoms with E-state index in [0.717, 1.165) is 43.0 Å². The first-order chi connectivity index (χ1) is 15.7. The van der Waals surface area contributed by atoms with Gasteiger partial charge in [0.1, 0.15) is 5.69 Å². The summed E-state index contributed by atoms with van der Waals surface area (Å²) in [6, 6.07) is 4.23. The van der Waals surface area contributed by atoms with Gasteiger partial charge in [0.15, 0.2) is 11.6 Å². The molecule has 0 saturated heterocycles. The molecular formula is C23H25F5N2O3S. The molecule has 2 N–H and O–H groups in total. The van der Waals surface area contributed by atoms with Gasteiger partial charge < -0.3 is 5.32 Å². The van der Waals surface area contributed by atoms with Crippen molar-refractivity contribution >= 4 is 27.7 Å². The Bertz CT molecular complexity index is 1150. The highest BCUT2D eigenvalue weighted by atomic mass is 32.2. The van der Waals surface area contributed by atoms with Gasteiger partial charge in [-0.3, -0.25) is 9.52 Å². The topological polar surface area (TPSA) is 75.3 Å². The Balaban J connectivity index is 2.18. The predicted octanol–water partition coefficient (Wildman–Crippen LogP) is 5.59. The minimum absolute atomic E-state index is 0.0500. The van der Waals surface area contributed by atoms with Gasteiger partial charge in [0, 0.05) is 6.08 Å². The third kappa shape index (κ3) is 7.82. The molecule has 2 aromatic rings. The molecule has 11 heteroatoms. The van der Waals surface area contributed by atoms with Crippen molar-refractivity contribution in [2.24, 2.45) is 0 Å². The number of hydrogen-bond donors (Lipinski definition) is 2. The standard InChI is InChI=1S/C23H25F5N2O3S/c1-4-5-6-16-11-18(23(26,27)28)9-7-15(16)8-10-21(31)29-14(2)17-12-19(24)22(20(25)13-17)30-34(3,32)33/h7-14,30H,4-6H2,1-3H3,(H,29,31)/t14-/m1/s1. The van der Waals surface area contributed by atoms with E-state index in [9.17, 15) is 35.2 Å². The van der Waals surface area contributed by atoms with Gasteiger partial charge in [-0.1, -0.05) is 19.4 Å². The quantitative estimate of drug-likeness (QED) is 0.345. The second kappa shape index (κ2) is 11.0. The van der Waals surface area contributed by atoms with Crippen molar-refractivity contribution in [2.45, 2.75) is 45.3 Å². The third-order valence-corrected chi connectivity index (χ3v) is 5.47. The lowest BCUT2D eigenvalue weighted by Gasteiger charge is -2.15. The van der Waals surface area contributed by atoms with Gasteiger partial charge in [-0.05, 0) is 66.8 Å². The first-order valence-electron chi connectivity index (χ1n) is 10.4. The lowest BCUT2D eigenvalue weighted by atomic mass is 9.98. The average molecular weight is 505 g/mol. The zero-order valence-electron chi connectivity index (χ0n) is 18.8. The van der Waals surface area contributed by atoms with E-state index in [0.29, 0.717) is 24.0 Å². The van der Waals surface area contributed by atoms with Gasteiger partial charge in [0.2, 0.25) is 15.9 Å². The van der Waals surface area contributed by atoms with E-state index in [-0.39, 0.29) is 5.56 Å². The molecule has 5 nitrogen and oxygen atoms in total. The molecule has 186 valence electrons. The van der Waals surface area contributed by atoms with Gasteiger partial charge >= 0.3 is 6.18 Å². The highest BCUT2D eigenvalue weighted by Crippen LogP contribution is 2.31. The smallest absolute Gasteiger partial charge is 0.346 e. The van der Waals surface area contributed by atoms with Crippen LogP contribution in [0.3, 0.4) is 0 Å². The number of hydrogen-bond acceptors (Lipinski definition) is 3. The molecule has 0 aliphatic carbocycles. The summed E-state index contributed by atoms with van der Waals surface area (Å²) in [5.41, 5.74) is -0.642. The molecule has 0 unspecified atom stereocenters. The van der Waals surface area contributed by atoms with E-state index in [4.69, 9.17) is 0 Å². The van der Waals surface area contributed by atoms with E-state index < -0.39 is 51.0 Å². The molecule has 1 atom stereocenters. The average Bonchev–Trinajstić information content (AvgIpc) is 2.72. The van der Waals surface area contributed by atoms with Crippen LogP contribution < -0.4 is 10.0 Å². The molecular weight excluding hydrogens is 479 g/mol. The molecule has 1 amide bonds. The van der Waals surface area contributed by atoms with Gasteiger partial charge in [0.25, 0.3) is 0 Å². The lowest BCUT2D eigenvalue weighted by molar-refractivity contribution is -0.137. The molecule has 2 aromatic carbocycles. The van der Waals surface area contributed by atoms with Crippen LogP contribution in [0.15, 0.2) is 36.4 Å². The summed E-state index contributed by atoms with van der Waals surface area (Å²) < 4.78 is 91.7. The summed E-state index contributed by atoms with van der Waals surface area (Å²) in [7, 11) is -3.90. The molecule has 0 aromatic heterocycles. The van der Waals surface area contributed by atoms with E-state index in [1.54, 1.807) is 4.72 Å². The number of amides is 1. The van der Waals surface area contributed by atoms with E-state index in [1.165, 1.54) is 19.1 Å². The molecule has 0 aliphatic rings. The molecule has 0 fully saturated rings. The van der Waals surface area contributed by atoms with Crippen LogP contribution in [0.1, 0.15) is 55.0 Å². The number of anilines is 1. The summed E-state index contributed by atoms with van der Waals surface area (Å²) >= 11 is 0. The largest absolute Gasteiger partial charge is 0.416 e. The van der Waals surface area contributed by atoms with Gasteiger partial charge in [-0.25, -0.2) is 17.2 Å². The SMILES string of the molecule is CCCCc1cc(C(F)(F)F)ccc1C=CC(=O)N[C@H](C)c1cc(F)c(NS(C)(=O)=O)c(F)c1. The molecule has 0 aliphatic heterocycles. The summed E-state index contributed by atoms with van der Waals surface area (Å²) in [4.78, 5) is 12.3. The van der Waals surface area contributed by atoms with Crippen LogP contribution in [-0.2, 0) is 27.4 Å². The van der Waals surface area contributed by atoms with Crippen molar-refractivity contribution in [3.05, 3.63) is 70.3 Å². The number of rotatable bonds is 9. The fourth-order valence-electron chi connectivity index (χ4n) is 3.16. The van der Waals surface area contributed by atoms with Crippen LogP contribution >= 0.6 is 0 Å². The molecule has 0 heterocycles. The number of halogens is 5. The van der Waals surface area contributed by atoms with Gasteiger partial charge in [0.05, 0.1) is 17.9 Å². The highest BCUT2D eigenvalue weighted by Gasteiger charge is 2.30. The summed E-state index contributed by atoms with van der Waals surface area (Å²) in [5.74, 6) is -2.93. The van der Waals surface area contributed by atoms with E-state index in [1.807, 2.05) is 6.92 Å². The highest BCUT2D eigenvalue weighted by molar-refractivity contribution is 7.92. The molecule has 34 heavy (non-hydrogen) atoms. The number of nitrogens with one attached hydrogen (secondary N) is 2. The maximum Gasteiger partial charge on any atom is 0.416 e. The summed E-state index contributed by atoms with van der Waals surface area (Å²) in [5, 5.41) is 2.51. The number of alkyl halides is 3. The Morgan fingerprint density at radius 2 is 1.74 bits per heavy atom. The number of unbranched alkanes of at least 4 members (excludes halogenated alkanes) is 1. The summed E-state index contributed by atoms with van der Waals surface area (Å²) in [6.45, 7) is 3.38. The summed E-state index contributed by atoms with van der Waals surface area (Å²) in [6.07, 6.45) is 0.640. The Morgan fingerprint density at radius 1 is 1.12 bits per heavy atom. The van der Waals surface area contributed by atoms with Crippen molar-refractivity contribution < 1.29 is 35.2 Å². The Labute approximate surface area is 195 Å². The van der Waals surface area contributed by atoms with Crippen molar-refractivity contribution in [1.82, 2.24) is 5.32 Å². The fourth-order valence-corrected chi connectivity index (χ4v) is 3.73. The van der Waals surface area contributed by atoms with E-state index >= 15 is 0 Å². The first kappa shape index (κ1) is 27.3. The molecule has 0 saturated carbocycles. The number of carbonyl (C=O) groups excluding carboxylic acids is 1. The second-order valence-electron chi connectivity index (χ2n) is 7.81. The van der Waals surface area contributed by atoms with Crippen LogP contribution in [0.2, 0.25) is 0 Å². The van der Waals surface area contributed by atoms with Crippen LogP contribution in [0, 0.1) is 11.6 Å². The minimum atomic E-state index is -4.48. The van der Waals surface area contributed by atoms with Crippen molar-refractivity contribution in [3.8, 4) is 0 Å². The van der Waals surface area contributed by atoms with Crippen LogP contribution in [0.5, 0.6) is 0 Å². The molecule has 2 rings (SSSR count). The number of sulfonamides is 1. The van der Waals surface area contributed by atoms with Crippen LogP contribution in [0.25, 0.3) is 6.08 Å². The van der Waals surface area contributed by atoms with Crippen molar-refractivity contribution in [1.29, 1.82) is 0 Å². The van der Waals surface area contributed by atoms with Crippen LogP contribution in [0.4, 0.5) is 27.6 Å². The monoisotopic (exact) mass is 504 g/mol. The maximum absolute atomic E-state index is 14.2. The second-order valence-corrected chi connectivity index (χ2v) is 9.56. The fraction of sp³-hybridized carbons (Fsp3) is 0.348. The first-order valence-corrected chi connectivity index (χ1v) is 12.3. The number of carbonyl (C=O) groups is 1.